The van der Waals surface area contributed by atoms with E-state index in [4.69, 9.17) is 16.3 Å². The summed E-state index contributed by atoms with van der Waals surface area (Å²) in [6.07, 6.45) is 1.76. The van der Waals surface area contributed by atoms with E-state index >= 15 is 0 Å². The van der Waals surface area contributed by atoms with Crippen molar-refractivity contribution in [3.8, 4) is 5.75 Å². The van der Waals surface area contributed by atoms with Gasteiger partial charge in [-0.05, 0) is 66.2 Å². The molecule has 0 bridgehead atoms. The average Bonchev–Trinajstić information content (AvgIpc) is 2.69. The lowest BCUT2D eigenvalue weighted by Gasteiger charge is -2.11. The van der Waals surface area contributed by atoms with Crippen LogP contribution < -0.4 is 9.64 Å². The maximum absolute atomic E-state index is 12.2. The zero-order valence-corrected chi connectivity index (χ0v) is 15.9. The van der Waals surface area contributed by atoms with E-state index in [9.17, 15) is 4.79 Å². The van der Waals surface area contributed by atoms with Gasteiger partial charge < -0.3 is 9.64 Å². The maximum Gasteiger partial charge on any atom is 0.343 e. The van der Waals surface area contributed by atoms with Crippen molar-refractivity contribution >= 4 is 35.2 Å². The van der Waals surface area contributed by atoms with Gasteiger partial charge in [0.1, 0.15) is 5.75 Å². The van der Waals surface area contributed by atoms with Crippen molar-refractivity contribution in [2.45, 2.75) is 0 Å². The Morgan fingerprint density at radius 2 is 1.56 bits per heavy atom. The molecule has 4 nitrogen and oxygen atoms in total. The van der Waals surface area contributed by atoms with Crippen LogP contribution in [0.2, 0.25) is 5.02 Å². The summed E-state index contributed by atoms with van der Waals surface area (Å²) in [5.74, 6) is 0.0382. The number of hydrogen-bond donors (Lipinski definition) is 0. The number of ether oxygens (including phenoxy) is 1. The number of carbonyl (C=O) groups is 1. The highest BCUT2D eigenvalue weighted by atomic mass is 35.5. The molecule has 3 aromatic rings. The summed E-state index contributed by atoms with van der Waals surface area (Å²) in [7, 11) is 4.00. The number of carbonyl (C=O) groups excluding carboxylic acids is 1. The van der Waals surface area contributed by atoms with Gasteiger partial charge in [-0.3, -0.25) is 4.99 Å². The maximum atomic E-state index is 12.2. The summed E-state index contributed by atoms with van der Waals surface area (Å²) >= 11 is 5.82. The van der Waals surface area contributed by atoms with Gasteiger partial charge in [0.15, 0.2) is 0 Å². The fourth-order valence-corrected chi connectivity index (χ4v) is 2.49. The van der Waals surface area contributed by atoms with Gasteiger partial charge in [0, 0.05) is 31.0 Å². The highest BCUT2D eigenvalue weighted by Gasteiger charge is 2.08. The molecule has 0 spiro atoms. The molecule has 0 aromatic heterocycles. The number of hydrogen-bond acceptors (Lipinski definition) is 4. The first-order valence-electron chi connectivity index (χ1n) is 8.40. The molecule has 0 aliphatic rings. The molecule has 0 aliphatic carbocycles. The topological polar surface area (TPSA) is 41.9 Å². The van der Waals surface area contributed by atoms with Crippen molar-refractivity contribution in [2.75, 3.05) is 19.0 Å². The monoisotopic (exact) mass is 378 g/mol. The van der Waals surface area contributed by atoms with Crippen LogP contribution in [0.1, 0.15) is 15.9 Å². The summed E-state index contributed by atoms with van der Waals surface area (Å²) in [5.41, 5.74) is 3.36. The third kappa shape index (κ3) is 5.19. The molecule has 0 fully saturated rings. The van der Waals surface area contributed by atoms with Crippen LogP contribution in [0.15, 0.2) is 77.8 Å². The Bertz CT molecular complexity index is 932. The predicted molar refractivity (Wildman–Crippen MR) is 111 cm³/mol. The van der Waals surface area contributed by atoms with Crippen molar-refractivity contribution < 1.29 is 9.53 Å². The van der Waals surface area contributed by atoms with Gasteiger partial charge in [-0.25, -0.2) is 4.79 Å². The van der Waals surface area contributed by atoms with Gasteiger partial charge in [0.25, 0.3) is 0 Å². The second-order valence-corrected chi connectivity index (χ2v) is 6.57. The summed E-state index contributed by atoms with van der Waals surface area (Å²) < 4.78 is 5.32. The van der Waals surface area contributed by atoms with Crippen molar-refractivity contribution in [3.05, 3.63) is 88.9 Å². The van der Waals surface area contributed by atoms with E-state index in [1.807, 2.05) is 55.4 Å². The molecule has 3 rings (SSSR count). The Morgan fingerprint density at radius 1 is 0.926 bits per heavy atom. The van der Waals surface area contributed by atoms with Crippen molar-refractivity contribution in [1.82, 2.24) is 0 Å². The molecule has 0 atom stereocenters. The number of aliphatic imine (C=N–C) groups is 1. The summed E-state index contributed by atoms with van der Waals surface area (Å²) in [6, 6.07) is 21.7. The molecule has 0 heterocycles. The predicted octanol–water partition coefficient (Wildman–Crippen LogP) is 5.38. The lowest BCUT2D eigenvalue weighted by molar-refractivity contribution is 0.0735. The minimum Gasteiger partial charge on any atom is -0.423 e. The molecular weight excluding hydrogens is 360 g/mol. The van der Waals surface area contributed by atoms with Crippen LogP contribution in [0, 0.1) is 0 Å². The Balaban J connectivity index is 1.64. The van der Waals surface area contributed by atoms with Gasteiger partial charge in [-0.2, -0.15) is 0 Å². The number of nitrogens with zero attached hydrogens (tertiary/aromatic N) is 2. The third-order valence-electron chi connectivity index (χ3n) is 3.90. The molecule has 0 radical (unpaired) electrons. The second kappa shape index (κ2) is 8.52. The first-order chi connectivity index (χ1) is 13.0. The molecular formula is C22H19ClN2O2. The molecule has 27 heavy (non-hydrogen) atoms. The van der Waals surface area contributed by atoms with E-state index in [0.29, 0.717) is 16.3 Å². The minimum absolute atomic E-state index is 0.417. The number of rotatable bonds is 5. The van der Waals surface area contributed by atoms with Gasteiger partial charge in [0.2, 0.25) is 0 Å². The molecule has 136 valence electrons. The van der Waals surface area contributed by atoms with E-state index in [0.717, 1.165) is 16.9 Å². The third-order valence-corrected chi connectivity index (χ3v) is 4.15. The molecule has 0 unspecified atom stereocenters. The van der Waals surface area contributed by atoms with Gasteiger partial charge in [-0.1, -0.05) is 23.7 Å². The molecule has 0 saturated carbocycles. The normalized spacial score (nSPS) is 10.8. The first-order valence-corrected chi connectivity index (χ1v) is 8.78. The minimum atomic E-state index is -0.417. The van der Waals surface area contributed by atoms with Crippen LogP contribution >= 0.6 is 11.6 Å². The van der Waals surface area contributed by atoms with Gasteiger partial charge >= 0.3 is 5.97 Å². The van der Waals surface area contributed by atoms with Crippen LogP contribution in [0.5, 0.6) is 5.75 Å². The van der Waals surface area contributed by atoms with E-state index in [-0.39, 0.29) is 0 Å². The van der Waals surface area contributed by atoms with Crippen molar-refractivity contribution in [2.24, 2.45) is 4.99 Å². The Hall–Kier alpha value is -3.11. The fraction of sp³-hybridized carbons (Fsp3) is 0.0909. The molecule has 0 amide bonds. The lowest BCUT2D eigenvalue weighted by atomic mass is 10.1. The quantitative estimate of drug-likeness (QED) is 0.340. The average molecular weight is 379 g/mol. The second-order valence-electron chi connectivity index (χ2n) is 6.13. The summed E-state index contributed by atoms with van der Waals surface area (Å²) in [6.45, 7) is 0. The first kappa shape index (κ1) is 18.7. The van der Waals surface area contributed by atoms with Crippen LogP contribution in [0.3, 0.4) is 0 Å². The SMILES string of the molecule is CN(C)c1ccc(N=Cc2ccc(C(=O)Oc3ccc(Cl)cc3)cc2)cc1. The Labute approximate surface area is 163 Å². The van der Waals surface area contributed by atoms with E-state index in [1.165, 1.54) is 0 Å². The Kier molecular flexibility index (Phi) is 5.89. The number of esters is 1. The van der Waals surface area contributed by atoms with Gasteiger partial charge in [-0.15, -0.1) is 0 Å². The smallest absolute Gasteiger partial charge is 0.343 e. The summed E-state index contributed by atoms with van der Waals surface area (Å²) in [5, 5.41) is 0.592. The fourth-order valence-electron chi connectivity index (χ4n) is 2.36. The van der Waals surface area contributed by atoms with E-state index in [1.54, 1.807) is 42.6 Å². The van der Waals surface area contributed by atoms with E-state index < -0.39 is 5.97 Å². The standard InChI is InChI=1S/C22H19ClN2O2/c1-25(2)20-11-9-19(10-12-20)24-15-16-3-5-17(6-4-16)22(26)27-21-13-7-18(23)8-14-21/h3-15H,1-2H3. The molecule has 3 aromatic carbocycles. The van der Waals surface area contributed by atoms with Crippen LogP contribution in [-0.2, 0) is 0 Å². The van der Waals surface area contributed by atoms with Gasteiger partial charge in [0.05, 0.1) is 11.3 Å². The van der Waals surface area contributed by atoms with Crippen LogP contribution in [-0.4, -0.2) is 26.3 Å². The largest absolute Gasteiger partial charge is 0.423 e. The van der Waals surface area contributed by atoms with Crippen molar-refractivity contribution in [1.29, 1.82) is 0 Å². The van der Waals surface area contributed by atoms with Crippen molar-refractivity contribution in [3.63, 3.8) is 0 Å². The number of anilines is 1. The highest BCUT2D eigenvalue weighted by Crippen LogP contribution is 2.19. The number of benzene rings is 3. The number of halogens is 1. The molecule has 5 heteroatoms. The molecule has 0 aliphatic heterocycles. The van der Waals surface area contributed by atoms with Crippen LogP contribution in [0.4, 0.5) is 11.4 Å². The molecule has 0 N–H and O–H groups in total. The summed E-state index contributed by atoms with van der Waals surface area (Å²) in [4.78, 5) is 18.7. The van der Waals surface area contributed by atoms with Crippen LogP contribution in [0.25, 0.3) is 0 Å². The van der Waals surface area contributed by atoms with E-state index in [2.05, 4.69) is 4.99 Å². The zero-order valence-electron chi connectivity index (χ0n) is 15.1. The lowest BCUT2D eigenvalue weighted by Crippen LogP contribution is -2.08. The zero-order chi connectivity index (χ0) is 19.2. The highest BCUT2D eigenvalue weighted by molar-refractivity contribution is 6.30. The molecule has 0 saturated heterocycles. The Morgan fingerprint density at radius 3 is 2.15 bits per heavy atom.